The summed E-state index contributed by atoms with van der Waals surface area (Å²) in [6.07, 6.45) is 1.52. The van der Waals surface area contributed by atoms with Crippen molar-refractivity contribution >= 4 is 15.9 Å². The van der Waals surface area contributed by atoms with E-state index in [2.05, 4.69) is 5.32 Å². The number of hydrogen-bond donors (Lipinski definition) is 1. The van der Waals surface area contributed by atoms with Crippen molar-refractivity contribution in [1.29, 1.82) is 0 Å². The fourth-order valence-corrected chi connectivity index (χ4v) is 3.20. The molecular weight excluding hydrogens is 229 g/mol. The molecule has 0 bridgehead atoms. The first-order valence-corrected chi connectivity index (χ1v) is 6.50. The van der Waals surface area contributed by atoms with Crippen molar-refractivity contribution in [3.63, 3.8) is 0 Å². The van der Waals surface area contributed by atoms with Crippen molar-refractivity contribution in [2.75, 3.05) is 13.1 Å². The highest BCUT2D eigenvalue weighted by molar-refractivity contribution is 7.95. The number of halogens is 1. The topological polar surface area (TPSA) is 46.2 Å². The monoisotopic (exact) mass is 241 g/mol. The summed E-state index contributed by atoms with van der Waals surface area (Å²) in [5.74, 6) is -0.421. The van der Waals surface area contributed by atoms with E-state index in [0.29, 0.717) is 17.0 Å². The minimum absolute atomic E-state index is 0.196. The van der Waals surface area contributed by atoms with Gasteiger partial charge in [0.05, 0.1) is 9.80 Å². The predicted molar refractivity (Wildman–Crippen MR) is 60.1 cm³/mol. The fourth-order valence-electron chi connectivity index (χ4n) is 1.66. The third kappa shape index (κ3) is 1.76. The standard InChI is InChI=1S/C11H12FNO2S/c1-2-13-7-10-6-8-5-9(12)3-4-11(8)16(10,14)15/h3-6,13H,2,7H2,1H3. The van der Waals surface area contributed by atoms with E-state index in [1.54, 1.807) is 0 Å². The van der Waals surface area contributed by atoms with Crippen LogP contribution in [0.5, 0.6) is 0 Å². The molecule has 1 aliphatic rings. The summed E-state index contributed by atoms with van der Waals surface area (Å²) in [4.78, 5) is 0.497. The van der Waals surface area contributed by atoms with Crippen LogP contribution in [0.25, 0.3) is 6.08 Å². The Balaban J connectivity index is 2.44. The van der Waals surface area contributed by atoms with Crippen LogP contribution in [0.3, 0.4) is 0 Å². The van der Waals surface area contributed by atoms with Crippen LogP contribution in [-0.4, -0.2) is 21.5 Å². The highest BCUT2D eigenvalue weighted by Crippen LogP contribution is 2.32. The van der Waals surface area contributed by atoms with Gasteiger partial charge in [-0.1, -0.05) is 6.92 Å². The van der Waals surface area contributed by atoms with Gasteiger partial charge >= 0.3 is 0 Å². The molecule has 1 aromatic carbocycles. The lowest BCUT2D eigenvalue weighted by molar-refractivity contribution is 0.599. The largest absolute Gasteiger partial charge is 0.312 e. The first-order chi connectivity index (χ1) is 7.55. The Labute approximate surface area is 93.9 Å². The van der Waals surface area contributed by atoms with E-state index < -0.39 is 15.7 Å². The molecule has 86 valence electrons. The summed E-state index contributed by atoms with van der Waals surface area (Å²) in [6, 6.07) is 3.72. The maximum atomic E-state index is 13.0. The molecule has 0 aromatic heterocycles. The number of rotatable bonds is 3. The molecule has 0 amide bonds. The van der Waals surface area contributed by atoms with Crippen molar-refractivity contribution in [3.05, 3.63) is 34.5 Å². The van der Waals surface area contributed by atoms with Crippen molar-refractivity contribution in [2.45, 2.75) is 11.8 Å². The molecule has 3 nitrogen and oxygen atoms in total. The number of nitrogens with one attached hydrogen (secondary N) is 1. The van der Waals surface area contributed by atoms with Crippen LogP contribution in [0.1, 0.15) is 12.5 Å². The van der Waals surface area contributed by atoms with Crippen LogP contribution in [0, 0.1) is 5.82 Å². The Morgan fingerprint density at radius 3 is 2.81 bits per heavy atom. The molecule has 0 unspecified atom stereocenters. The van der Waals surface area contributed by atoms with Gasteiger partial charge in [0.25, 0.3) is 0 Å². The zero-order chi connectivity index (χ0) is 11.8. The lowest BCUT2D eigenvalue weighted by Gasteiger charge is -2.03. The molecule has 1 aliphatic heterocycles. The number of sulfone groups is 1. The Hall–Kier alpha value is -1.20. The molecule has 0 spiro atoms. The average Bonchev–Trinajstić information content (AvgIpc) is 2.47. The summed E-state index contributed by atoms with van der Waals surface area (Å²) < 4.78 is 36.9. The molecule has 2 rings (SSSR count). The van der Waals surface area contributed by atoms with Crippen molar-refractivity contribution in [1.82, 2.24) is 5.32 Å². The summed E-state index contributed by atoms with van der Waals surface area (Å²) in [5.41, 5.74) is 0.438. The zero-order valence-corrected chi connectivity index (χ0v) is 9.64. The maximum Gasteiger partial charge on any atom is 0.204 e. The Bertz CT molecular complexity index is 549. The van der Waals surface area contributed by atoms with Gasteiger partial charge in [0.1, 0.15) is 5.82 Å². The number of fused-ring (bicyclic) bond motifs is 1. The molecule has 1 aromatic rings. The van der Waals surface area contributed by atoms with Crippen LogP contribution in [0.4, 0.5) is 4.39 Å². The molecule has 0 fully saturated rings. The first-order valence-electron chi connectivity index (χ1n) is 5.01. The summed E-state index contributed by atoms with van der Waals surface area (Å²) in [7, 11) is -3.40. The molecule has 1 N–H and O–H groups in total. The molecule has 0 atom stereocenters. The molecule has 1 heterocycles. The van der Waals surface area contributed by atoms with Gasteiger partial charge in [-0.05, 0) is 36.4 Å². The number of likely N-dealkylation sites (N-methyl/N-ethyl adjacent to an activating group) is 1. The van der Waals surface area contributed by atoms with E-state index in [-0.39, 0.29) is 11.4 Å². The molecule has 0 aliphatic carbocycles. The summed E-state index contributed by atoms with van der Waals surface area (Å²) in [5, 5.41) is 2.95. The van der Waals surface area contributed by atoms with E-state index in [4.69, 9.17) is 0 Å². The van der Waals surface area contributed by atoms with E-state index in [1.807, 2.05) is 6.92 Å². The van der Waals surface area contributed by atoms with Gasteiger partial charge in [-0.2, -0.15) is 0 Å². The summed E-state index contributed by atoms with van der Waals surface area (Å²) in [6.45, 7) is 2.88. The highest BCUT2D eigenvalue weighted by atomic mass is 32.2. The van der Waals surface area contributed by atoms with Gasteiger partial charge in [0, 0.05) is 6.54 Å². The van der Waals surface area contributed by atoms with Gasteiger partial charge < -0.3 is 5.32 Å². The second-order valence-corrected chi connectivity index (χ2v) is 5.55. The number of benzene rings is 1. The van der Waals surface area contributed by atoms with Crippen LogP contribution in [0.15, 0.2) is 28.0 Å². The van der Waals surface area contributed by atoms with Crippen LogP contribution >= 0.6 is 0 Å². The Kier molecular flexibility index (Phi) is 2.82. The average molecular weight is 241 g/mol. The van der Waals surface area contributed by atoms with Crippen molar-refractivity contribution in [2.24, 2.45) is 0 Å². The maximum absolute atomic E-state index is 13.0. The molecule has 0 radical (unpaired) electrons. The second-order valence-electron chi connectivity index (χ2n) is 3.58. The third-order valence-electron chi connectivity index (χ3n) is 2.47. The second kappa shape index (κ2) is 3.99. The van der Waals surface area contributed by atoms with Gasteiger partial charge in [0.15, 0.2) is 0 Å². The van der Waals surface area contributed by atoms with Crippen LogP contribution < -0.4 is 5.32 Å². The van der Waals surface area contributed by atoms with Crippen molar-refractivity contribution in [3.8, 4) is 0 Å². The van der Waals surface area contributed by atoms with Gasteiger partial charge in [0.2, 0.25) is 9.84 Å². The quantitative estimate of drug-likeness (QED) is 0.817. The zero-order valence-electron chi connectivity index (χ0n) is 8.83. The summed E-state index contributed by atoms with van der Waals surface area (Å²) >= 11 is 0. The van der Waals surface area contributed by atoms with Crippen molar-refractivity contribution < 1.29 is 12.8 Å². The van der Waals surface area contributed by atoms with E-state index in [9.17, 15) is 12.8 Å². The normalized spacial score (nSPS) is 17.0. The molecule has 5 heteroatoms. The lowest BCUT2D eigenvalue weighted by Crippen LogP contribution is -2.19. The minimum Gasteiger partial charge on any atom is -0.312 e. The highest BCUT2D eigenvalue weighted by Gasteiger charge is 2.28. The molecule has 16 heavy (non-hydrogen) atoms. The lowest BCUT2D eigenvalue weighted by atomic mass is 10.2. The minimum atomic E-state index is -3.40. The van der Waals surface area contributed by atoms with Crippen LogP contribution in [0.2, 0.25) is 0 Å². The van der Waals surface area contributed by atoms with Gasteiger partial charge in [-0.25, -0.2) is 12.8 Å². The van der Waals surface area contributed by atoms with Gasteiger partial charge in [-0.15, -0.1) is 0 Å². The van der Waals surface area contributed by atoms with Gasteiger partial charge in [-0.3, -0.25) is 0 Å². The smallest absolute Gasteiger partial charge is 0.204 e. The van der Waals surface area contributed by atoms with E-state index in [0.717, 1.165) is 0 Å². The van der Waals surface area contributed by atoms with E-state index >= 15 is 0 Å². The molecule has 0 saturated heterocycles. The fraction of sp³-hybridized carbons (Fsp3) is 0.273. The predicted octanol–water partition coefficient (Wildman–Crippen LogP) is 1.56. The molecule has 0 saturated carbocycles. The number of hydrogen-bond acceptors (Lipinski definition) is 3. The Morgan fingerprint density at radius 2 is 2.12 bits per heavy atom. The molecular formula is C11H12FNO2S. The first kappa shape index (κ1) is 11.3. The Morgan fingerprint density at radius 1 is 1.38 bits per heavy atom. The van der Waals surface area contributed by atoms with E-state index in [1.165, 1.54) is 24.3 Å². The SMILES string of the molecule is CCNCC1=Cc2cc(F)ccc2S1(=O)=O. The third-order valence-corrected chi connectivity index (χ3v) is 4.38. The van der Waals surface area contributed by atoms with Crippen LogP contribution in [-0.2, 0) is 9.84 Å².